The molecule has 0 aliphatic carbocycles. The molecule has 0 fully saturated rings. The molecule has 0 atom stereocenters. The molecule has 4 nitrogen and oxygen atoms in total. The van der Waals surface area contributed by atoms with Crippen LogP contribution in [0, 0.1) is 6.92 Å². The molecule has 0 aliphatic heterocycles. The minimum atomic E-state index is -0.919. The Hall–Kier alpha value is -1.58. The van der Waals surface area contributed by atoms with Crippen molar-refractivity contribution in [2.24, 2.45) is 0 Å². The van der Waals surface area contributed by atoms with Gasteiger partial charge in [-0.15, -0.1) is 0 Å². The molecule has 1 heterocycles. The minimum absolute atomic E-state index is 0.283. The summed E-state index contributed by atoms with van der Waals surface area (Å²) in [5.41, 5.74) is 1.83. The molecule has 0 saturated carbocycles. The van der Waals surface area contributed by atoms with Gasteiger partial charge >= 0.3 is 5.97 Å². The number of carboxylic acid groups (broad SMARTS) is 1. The Morgan fingerprint density at radius 1 is 1.75 bits per heavy atom. The molecule has 0 amide bonds. The summed E-state index contributed by atoms with van der Waals surface area (Å²) in [6.07, 6.45) is 3.07. The Labute approximate surface area is 70.0 Å². The fourth-order valence-corrected chi connectivity index (χ4v) is 0.782. The molecule has 0 radical (unpaired) electrons. The van der Waals surface area contributed by atoms with E-state index >= 15 is 0 Å². The summed E-state index contributed by atoms with van der Waals surface area (Å²) in [5.74, 6) is -0.919. The number of hydrogen-bond acceptors (Lipinski definition) is 2. The zero-order chi connectivity index (χ0) is 9.14. The van der Waals surface area contributed by atoms with Crippen LogP contribution in [0.5, 0.6) is 0 Å². The second-order valence-corrected chi connectivity index (χ2v) is 2.55. The summed E-state index contributed by atoms with van der Waals surface area (Å²) in [4.78, 5) is 17.2. The van der Waals surface area contributed by atoms with Crippen molar-refractivity contribution in [2.75, 3.05) is 0 Å². The lowest BCUT2D eigenvalue weighted by atomic mass is 10.2. The minimum Gasteiger partial charge on any atom is -0.478 e. The lowest BCUT2D eigenvalue weighted by Crippen LogP contribution is -1.95. The van der Waals surface area contributed by atoms with Gasteiger partial charge in [-0.05, 0) is 19.9 Å². The average molecular weight is 166 g/mol. The highest BCUT2D eigenvalue weighted by Crippen LogP contribution is 2.06. The smallest absolute Gasteiger partial charge is 0.331 e. The SMILES string of the molecule is C/C(=C\c1nc[nH]c1C)C(=O)O. The maximum atomic E-state index is 10.4. The number of nitrogens with one attached hydrogen (secondary N) is 1. The third-order valence-corrected chi connectivity index (χ3v) is 1.56. The predicted molar refractivity (Wildman–Crippen MR) is 44.6 cm³/mol. The Morgan fingerprint density at radius 3 is 2.83 bits per heavy atom. The number of aryl methyl sites for hydroxylation is 1. The third kappa shape index (κ3) is 1.72. The molecule has 0 saturated heterocycles. The quantitative estimate of drug-likeness (QED) is 0.649. The first-order valence-electron chi connectivity index (χ1n) is 3.53. The number of rotatable bonds is 2. The predicted octanol–water partition coefficient (Wildman–Crippen LogP) is 1.21. The molecule has 0 aromatic carbocycles. The van der Waals surface area contributed by atoms with E-state index in [0.717, 1.165) is 5.69 Å². The average Bonchev–Trinajstić information content (AvgIpc) is 2.36. The van der Waals surface area contributed by atoms with E-state index in [1.54, 1.807) is 0 Å². The first kappa shape index (κ1) is 8.52. The summed E-state index contributed by atoms with van der Waals surface area (Å²) in [5, 5.41) is 8.57. The number of carbonyl (C=O) groups is 1. The Morgan fingerprint density at radius 2 is 2.42 bits per heavy atom. The summed E-state index contributed by atoms with van der Waals surface area (Å²) < 4.78 is 0. The van der Waals surface area contributed by atoms with Gasteiger partial charge in [-0.1, -0.05) is 0 Å². The number of H-pyrrole nitrogens is 1. The Bertz CT molecular complexity index is 326. The zero-order valence-electron chi connectivity index (χ0n) is 6.96. The molecule has 0 unspecified atom stereocenters. The van der Waals surface area contributed by atoms with Crippen LogP contribution < -0.4 is 0 Å². The van der Waals surface area contributed by atoms with Gasteiger partial charge in [0.05, 0.1) is 12.0 Å². The molecule has 0 spiro atoms. The number of imidazole rings is 1. The fraction of sp³-hybridized carbons (Fsp3) is 0.250. The van der Waals surface area contributed by atoms with E-state index in [1.165, 1.54) is 19.3 Å². The topological polar surface area (TPSA) is 66.0 Å². The summed E-state index contributed by atoms with van der Waals surface area (Å²) in [6.45, 7) is 3.38. The maximum absolute atomic E-state index is 10.4. The van der Waals surface area contributed by atoms with Gasteiger partial charge in [0.1, 0.15) is 0 Å². The van der Waals surface area contributed by atoms with Gasteiger partial charge in [0, 0.05) is 11.3 Å². The van der Waals surface area contributed by atoms with Crippen LogP contribution in [0.3, 0.4) is 0 Å². The van der Waals surface area contributed by atoms with E-state index in [9.17, 15) is 4.79 Å². The highest BCUT2D eigenvalue weighted by molar-refractivity contribution is 5.91. The first-order chi connectivity index (χ1) is 5.61. The normalized spacial score (nSPS) is 11.7. The van der Waals surface area contributed by atoms with E-state index in [0.29, 0.717) is 5.69 Å². The second-order valence-electron chi connectivity index (χ2n) is 2.55. The molecule has 1 rings (SSSR count). The number of aromatic nitrogens is 2. The highest BCUT2D eigenvalue weighted by atomic mass is 16.4. The Balaban J connectivity index is 2.95. The molecular formula is C8H10N2O2. The molecule has 1 aromatic rings. The van der Waals surface area contributed by atoms with Gasteiger partial charge in [0.25, 0.3) is 0 Å². The van der Waals surface area contributed by atoms with Crippen molar-refractivity contribution in [3.63, 3.8) is 0 Å². The largest absolute Gasteiger partial charge is 0.478 e. The monoisotopic (exact) mass is 166 g/mol. The van der Waals surface area contributed by atoms with Crippen LogP contribution in [-0.2, 0) is 4.79 Å². The van der Waals surface area contributed by atoms with Crippen molar-refractivity contribution in [1.29, 1.82) is 0 Å². The van der Waals surface area contributed by atoms with Crippen molar-refractivity contribution < 1.29 is 9.90 Å². The highest BCUT2D eigenvalue weighted by Gasteiger charge is 2.02. The van der Waals surface area contributed by atoms with Crippen LogP contribution >= 0.6 is 0 Å². The van der Waals surface area contributed by atoms with Crippen molar-refractivity contribution in [2.45, 2.75) is 13.8 Å². The van der Waals surface area contributed by atoms with Gasteiger partial charge in [-0.3, -0.25) is 0 Å². The first-order valence-corrected chi connectivity index (χ1v) is 3.53. The lowest BCUT2D eigenvalue weighted by molar-refractivity contribution is -0.132. The van der Waals surface area contributed by atoms with E-state index in [2.05, 4.69) is 9.97 Å². The van der Waals surface area contributed by atoms with Gasteiger partial charge in [-0.2, -0.15) is 0 Å². The third-order valence-electron chi connectivity index (χ3n) is 1.56. The van der Waals surface area contributed by atoms with E-state index in [4.69, 9.17) is 5.11 Å². The van der Waals surface area contributed by atoms with E-state index in [1.807, 2.05) is 6.92 Å². The number of hydrogen-bond donors (Lipinski definition) is 2. The van der Waals surface area contributed by atoms with Crippen LogP contribution in [-0.4, -0.2) is 21.0 Å². The molecule has 2 N–H and O–H groups in total. The van der Waals surface area contributed by atoms with Gasteiger partial charge in [-0.25, -0.2) is 9.78 Å². The Kier molecular flexibility index (Phi) is 2.28. The van der Waals surface area contributed by atoms with Gasteiger partial charge < -0.3 is 10.1 Å². The molecular weight excluding hydrogens is 156 g/mol. The standard InChI is InChI=1S/C8H10N2O2/c1-5(8(11)12)3-7-6(2)9-4-10-7/h3-4H,1-2H3,(H,9,10)(H,11,12)/b5-3+. The summed E-state index contributed by atoms with van der Waals surface area (Å²) in [6, 6.07) is 0. The number of nitrogens with zero attached hydrogens (tertiary/aromatic N) is 1. The molecule has 4 heteroatoms. The zero-order valence-corrected chi connectivity index (χ0v) is 6.96. The lowest BCUT2D eigenvalue weighted by Gasteiger charge is -1.91. The number of aliphatic carboxylic acids is 1. The van der Waals surface area contributed by atoms with Gasteiger partial charge in [0.15, 0.2) is 0 Å². The van der Waals surface area contributed by atoms with Crippen molar-refractivity contribution in [3.05, 3.63) is 23.3 Å². The number of carboxylic acids is 1. The molecule has 0 bridgehead atoms. The molecule has 64 valence electrons. The maximum Gasteiger partial charge on any atom is 0.331 e. The van der Waals surface area contributed by atoms with E-state index < -0.39 is 5.97 Å². The van der Waals surface area contributed by atoms with Crippen LogP contribution in [0.15, 0.2) is 11.9 Å². The van der Waals surface area contributed by atoms with Crippen molar-refractivity contribution >= 4 is 12.0 Å². The van der Waals surface area contributed by atoms with Crippen LogP contribution in [0.25, 0.3) is 6.08 Å². The van der Waals surface area contributed by atoms with Crippen LogP contribution in [0.1, 0.15) is 18.3 Å². The van der Waals surface area contributed by atoms with E-state index in [-0.39, 0.29) is 5.57 Å². The summed E-state index contributed by atoms with van der Waals surface area (Å²) in [7, 11) is 0. The molecule has 1 aromatic heterocycles. The molecule has 12 heavy (non-hydrogen) atoms. The number of aromatic amines is 1. The van der Waals surface area contributed by atoms with Gasteiger partial charge in [0.2, 0.25) is 0 Å². The van der Waals surface area contributed by atoms with Crippen molar-refractivity contribution in [1.82, 2.24) is 9.97 Å². The fourth-order valence-electron chi connectivity index (χ4n) is 0.782. The van der Waals surface area contributed by atoms with Crippen LogP contribution in [0.2, 0.25) is 0 Å². The van der Waals surface area contributed by atoms with Crippen molar-refractivity contribution in [3.8, 4) is 0 Å². The molecule has 0 aliphatic rings. The second kappa shape index (κ2) is 3.21. The van der Waals surface area contributed by atoms with Crippen LogP contribution in [0.4, 0.5) is 0 Å². The summed E-state index contributed by atoms with van der Waals surface area (Å²) >= 11 is 0.